The number of esters is 1. The molecular formula is C25H19N3O3S. The van der Waals surface area contributed by atoms with Crippen molar-refractivity contribution in [1.29, 1.82) is 0 Å². The van der Waals surface area contributed by atoms with Crippen molar-refractivity contribution in [3.05, 3.63) is 102 Å². The van der Waals surface area contributed by atoms with Crippen LogP contribution in [0, 0.1) is 0 Å². The Labute approximate surface area is 189 Å². The van der Waals surface area contributed by atoms with E-state index in [0.717, 1.165) is 16.0 Å². The number of hydrogen-bond donors (Lipinski definition) is 0. The molecule has 5 rings (SSSR count). The summed E-state index contributed by atoms with van der Waals surface area (Å²) in [6, 6.07) is 26.3. The van der Waals surface area contributed by atoms with Gasteiger partial charge in [0.25, 0.3) is 5.89 Å². The molecule has 0 fully saturated rings. The Morgan fingerprint density at radius 3 is 2.31 bits per heavy atom. The fourth-order valence-corrected chi connectivity index (χ4v) is 4.43. The molecule has 0 saturated heterocycles. The smallest absolute Gasteiger partial charge is 0.343 e. The van der Waals surface area contributed by atoms with Crippen LogP contribution >= 0.6 is 11.9 Å². The van der Waals surface area contributed by atoms with E-state index < -0.39 is 5.97 Å². The number of benzene rings is 3. The van der Waals surface area contributed by atoms with Gasteiger partial charge in [-0.05, 0) is 55.3 Å². The van der Waals surface area contributed by atoms with Crippen LogP contribution < -0.4 is 0 Å². The summed E-state index contributed by atoms with van der Waals surface area (Å²) in [5.74, 6) is 0.655. The monoisotopic (exact) mass is 441 g/mol. The Balaban J connectivity index is 1.64. The molecule has 4 aromatic rings. The van der Waals surface area contributed by atoms with E-state index in [1.165, 1.54) is 0 Å². The Morgan fingerprint density at radius 1 is 0.906 bits per heavy atom. The van der Waals surface area contributed by atoms with Gasteiger partial charge in [0, 0.05) is 22.6 Å². The van der Waals surface area contributed by atoms with Crippen LogP contribution in [0.1, 0.15) is 28.7 Å². The predicted octanol–water partition coefficient (Wildman–Crippen LogP) is 5.76. The second-order valence-corrected chi connectivity index (χ2v) is 8.06. The van der Waals surface area contributed by atoms with Crippen molar-refractivity contribution in [3.63, 3.8) is 0 Å². The van der Waals surface area contributed by atoms with Gasteiger partial charge in [0.2, 0.25) is 5.89 Å². The average Bonchev–Trinajstić information content (AvgIpc) is 3.34. The van der Waals surface area contributed by atoms with E-state index in [9.17, 15) is 4.79 Å². The normalized spacial score (nSPS) is 13.1. The SMILES string of the molecule is CCN1Sc2ccccc2C(OC(=O)c2ccccc2)=C1c1nnc(-c2ccccc2)o1. The molecule has 0 radical (unpaired) electrons. The standard InChI is InChI=1S/C25H19N3O3S/c1-2-28-21(24-27-26-23(31-24)17-11-5-3-6-12-17)22(19-15-9-10-16-20(19)32-28)30-25(29)18-13-7-4-8-14-18/h3-16H,2H2,1H3. The molecule has 3 aromatic carbocycles. The highest BCUT2D eigenvalue weighted by molar-refractivity contribution is 7.97. The van der Waals surface area contributed by atoms with Gasteiger partial charge in [-0.15, -0.1) is 10.2 Å². The third kappa shape index (κ3) is 3.78. The van der Waals surface area contributed by atoms with Crippen molar-refractivity contribution in [2.24, 2.45) is 0 Å². The van der Waals surface area contributed by atoms with Gasteiger partial charge in [-0.1, -0.05) is 48.5 Å². The largest absolute Gasteiger partial charge is 0.420 e. The summed E-state index contributed by atoms with van der Waals surface area (Å²) in [6.07, 6.45) is 0. The number of aromatic nitrogens is 2. The molecule has 7 heteroatoms. The molecule has 2 heterocycles. The molecule has 0 atom stereocenters. The number of ether oxygens (including phenoxy) is 1. The van der Waals surface area contributed by atoms with Crippen molar-refractivity contribution in [2.75, 3.05) is 6.54 Å². The molecule has 1 aliphatic heterocycles. The number of hydrogen-bond acceptors (Lipinski definition) is 7. The van der Waals surface area contributed by atoms with E-state index in [4.69, 9.17) is 9.15 Å². The topological polar surface area (TPSA) is 68.5 Å². The zero-order valence-electron chi connectivity index (χ0n) is 17.3. The summed E-state index contributed by atoms with van der Waals surface area (Å²) in [5.41, 5.74) is 2.67. The van der Waals surface area contributed by atoms with E-state index in [1.54, 1.807) is 36.2 Å². The van der Waals surface area contributed by atoms with Crippen molar-refractivity contribution in [1.82, 2.24) is 14.5 Å². The van der Waals surface area contributed by atoms with E-state index in [0.29, 0.717) is 35.3 Å². The summed E-state index contributed by atoms with van der Waals surface area (Å²) >= 11 is 1.55. The lowest BCUT2D eigenvalue weighted by Crippen LogP contribution is -2.21. The Hall–Kier alpha value is -3.84. The molecule has 32 heavy (non-hydrogen) atoms. The predicted molar refractivity (Wildman–Crippen MR) is 123 cm³/mol. The molecule has 0 amide bonds. The molecule has 0 bridgehead atoms. The number of carbonyl (C=O) groups excluding carboxylic acids is 1. The molecule has 0 unspecified atom stereocenters. The first-order valence-electron chi connectivity index (χ1n) is 10.2. The zero-order chi connectivity index (χ0) is 21.9. The molecule has 1 aliphatic rings. The lowest BCUT2D eigenvalue weighted by atomic mass is 10.1. The lowest BCUT2D eigenvalue weighted by molar-refractivity contribution is 0.0690. The van der Waals surface area contributed by atoms with Crippen LogP contribution in [0.25, 0.3) is 22.9 Å². The van der Waals surface area contributed by atoms with E-state index in [1.807, 2.05) is 71.9 Å². The minimum Gasteiger partial charge on any atom is -0.420 e. The maximum atomic E-state index is 13.0. The number of carbonyl (C=O) groups is 1. The van der Waals surface area contributed by atoms with Crippen molar-refractivity contribution >= 4 is 29.4 Å². The van der Waals surface area contributed by atoms with Gasteiger partial charge in [-0.25, -0.2) is 4.79 Å². The fourth-order valence-electron chi connectivity index (χ4n) is 3.41. The van der Waals surface area contributed by atoms with Crippen molar-refractivity contribution in [2.45, 2.75) is 11.8 Å². The first kappa shape index (κ1) is 20.1. The van der Waals surface area contributed by atoms with E-state index >= 15 is 0 Å². The van der Waals surface area contributed by atoms with Gasteiger partial charge in [0.05, 0.1) is 5.56 Å². The quantitative estimate of drug-likeness (QED) is 0.288. The Morgan fingerprint density at radius 2 is 1.56 bits per heavy atom. The highest BCUT2D eigenvalue weighted by Crippen LogP contribution is 2.45. The molecule has 6 nitrogen and oxygen atoms in total. The van der Waals surface area contributed by atoms with Crippen LogP contribution in [0.2, 0.25) is 0 Å². The second-order valence-electron chi connectivity index (χ2n) is 6.99. The van der Waals surface area contributed by atoms with Crippen molar-refractivity contribution < 1.29 is 13.9 Å². The Bertz CT molecular complexity index is 1290. The number of nitrogens with zero attached hydrogens (tertiary/aromatic N) is 3. The molecule has 1 aromatic heterocycles. The van der Waals surface area contributed by atoms with Crippen molar-refractivity contribution in [3.8, 4) is 11.5 Å². The van der Waals surface area contributed by atoms with Gasteiger partial charge in [-0.2, -0.15) is 0 Å². The molecule has 0 spiro atoms. The minimum atomic E-state index is -0.446. The summed E-state index contributed by atoms with van der Waals surface area (Å²) < 4.78 is 14.0. The lowest BCUT2D eigenvalue weighted by Gasteiger charge is -2.30. The summed E-state index contributed by atoms with van der Waals surface area (Å²) in [6.45, 7) is 2.66. The number of rotatable bonds is 5. The maximum absolute atomic E-state index is 13.0. The van der Waals surface area contributed by atoms with E-state index in [-0.39, 0.29) is 0 Å². The van der Waals surface area contributed by atoms with Crippen LogP contribution in [-0.2, 0) is 4.74 Å². The third-order valence-corrected chi connectivity index (χ3v) is 6.16. The first-order chi connectivity index (χ1) is 15.7. The van der Waals surface area contributed by atoms with Gasteiger partial charge in [-0.3, -0.25) is 0 Å². The zero-order valence-corrected chi connectivity index (χ0v) is 18.1. The van der Waals surface area contributed by atoms with Gasteiger partial charge in [0.15, 0.2) is 11.5 Å². The van der Waals surface area contributed by atoms with Crippen LogP contribution in [0.4, 0.5) is 0 Å². The van der Waals surface area contributed by atoms with Crippen LogP contribution in [0.3, 0.4) is 0 Å². The van der Waals surface area contributed by atoms with E-state index in [2.05, 4.69) is 10.2 Å². The summed E-state index contributed by atoms with van der Waals surface area (Å²) in [7, 11) is 0. The molecular weight excluding hydrogens is 422 g/mol. The van der Waals surface area contributed by atoms with Crippen LogP contribution in [-0.4, -0.2) is 27.0 Å². The molecule has 0 aliphatic carbocycles. The molecule has 158 valence electrons. The first-order valence-corrected chi connectivity index (χ1v) is 11.0. The molecule has 0 saturated carbocycles. The van der Waals surface area contributed by atoms with Gasteiger partial charge in [0.1, 0.15) is 0 Å². The van der Waals surface area contributed by atoms with Gasteiger partial charge < -0.3 is 13.5 Å². The fraction of sp³-hybridized carbons (Fsp3) is 0.0800. The molecule has 0 N–H and O–H groups in total. The summed E-state index contributed by atoms with van der Waals surface area (Å²) in [5, 5.41) is 8.53. The van der Waals surface area contributed by atoms with Crippen LogP contribution in [0.5, 0.6) is 0 Å². The maximum Gasteiger partial charge on any atom is 0.343 e. The minimum absolute atomic E-state index is 0.295. The van der Waals surface area contributed by atoms with Crippen LogP contribution in [0.15, 0.2) is 94.2 Å². The number of fused-ring (bicyclic) bond motifs is 1. The highest BCUT2D eigenvalue weighted by Gasteiger charge is 2.32. The highest BCUT2D eigenvalue weighted by atomic mass is 32.2. The third-order valence-electron chi connectivity index (χ3n) is 4.94. The summed E-state index contributed by atoms with van der Waals surface area (Å²) in [4.78, 5) is 14.0. The Kier molecular flexibility index (Phi) is 5.47. The second kappa shape index (κ2) is 8.72. The average molecular weight is 442 g/mol. The van der Waals surface area contributed by atoms with Gasteiger partial charge >= 0.3 is 5.97 Å².